The zero-order valence-corrected chi connectivity index (χ0v) is 8.55. The summed E-state index contributed by atoms with van der Waals surface area (Å²) in [4.78, 5) is 3.60. The monoisotopic (exact) mass is 261 g/mol. The first-order chi connectivity index (χ1) is 6.57. The number of nitrogens with zero attached hydrogens (tertiary/aromatic N) is 2. The third kappa shape index (κ3) is 1.99. The number of nitriles is 1. The number of halogens is 3. The maximum Gasteiger partial charge on any atom is 0.268 e. The first-order valence-electron chi connectivity index (χ1n) is 3.65. The van der Waals surface area contributed by atoms with Gasteiger partial charge in [0, 0.05) is 10.7 Å². The molecular formula is C8H6BrF2N3. The lowest BCUT2D eigenvalue weighted by molar-refractivity contribution is 0.151. The Labute approximate surface area is 87.7 Å². The van der Waals surface area contributed by atoms with Crippen LogP contribution in [0.2, 0.25) is 0 Å². The van der Waals surface area contributed by atoms with Crippen LogP contribution in [0.5, 0.6) is 0 Å². The summed E-state index contributed by atoms with van der Waals surface area (Å²) in [5.41, 5.74) is 5.35. The van der Waals surface area contributed by atoms with E-state index in [2.05, 4.69) is 20.9 Å². The summed E-state index contributed by atoms with van der Waals surface area (Å²) in [7, 11) is 0. The van der Waals surface area contributed by atoms with E-state index in [1.54, 1.807) is 0 Å². The largest absolute Gasteiger partial charge is 0.383 e. The number of alkyl halides is 2. The number of nitrogens with two attached hydrogens (primary N) is 1. The number of nitrogen functional groups attached to an aromatic ring is 1. The number of aromatic nitrogens is 1. The van der Waals surface area contributed by atoms with Crippen molar-refractivity contribution >= 4 is 21.7 Å². The van der Waals surface area contributed by atoms with E-state index in [4.69, 9.17) is 11.0 Å². The highest BCUT2D eigenvalue weighted by atomic mass is 79.9. The molecule has 3 nitrogen and oxygen atoms in total. The molecule has 0 fully saturated rings. The molecule has 1 rings (SSSR count). The van der Waals surface area contributed by atoms with Crippen LogP contribution in [-0.2, 0) is 6.42 Å². The molecule has 0 aliphatic carbocycles. The van der Waals surface area contributed by atoms with Gasteiger partial charge in [-0.25, -0.2) is 13.8 Å². The summed E-state index contributed by atoms with van der Waals surface area (Å²) < 4.78 is 25.1. The lowest BCUT2D eigenvalue weighted by atomic mass is 10.1. The predicted molar refractivity (Wildman–Crippen MR) is 50.6 cm³/mol. The lowest BCUT2D eigenvalue weighted by Gasteiger charge is -2.08. The molecule has 14 heavy (non-hydrogen) atoms. The van der Waals surface area contributed by atoms with Gasteiger partial charge in [-0.3, -0.25) is 0 Å². The highest BCUT2D eigenvalue weighted by Gasteiger charge is 2.18. The second-order valence-corrected chi connectivity index (χ2v) is 3.32. The van der Waals surface area contributed by atoms with E-state index in [1.807, 2.05) is 6.07 Å². The van der Waals surface area contributed by atoms with Gasteiger partial charge in [0.05, 0.1) is 18.1 Å². The van der Waals surface area contributed by atoms with Crippen molar-refractivity contribution in [2.45, 2.75) is 12.8 Å². The highest BCUT2D eigenvalue weighted by Crippen LogP contribution is 2.33. The normalized spacial score (nSPS) is 10.2. The van der Waals surface area contributed by atoms with Gasteiger partial charge in [0.1, 0.15) is 5.82 Å². The van der Waals surface area contributed by atoms with Crippen LogP contribution in [-0.4, -0.2) is 4.98 Å². The predicted octanol–water partition coefficient (Wildman–Crippen LogP) is 2.43. The Balaban J connectivity index is 3.28. The van der Waals surface area contributed by atoms with Crippen molar-refractivity contribution in [2.24, 2.45) is 0 Å². The lowest BCUT2D eigenvalue weighted by Crippen LogP contribution is -2.02. The van der Waals surface area contributed by atoms with E-state index >= 15 is 0 Å². The number of rotatable bonds is 2. The molecule has 0 amide bonds. The molecule has 0 aromatic carbocycles. The fourth-order valence-electron chi connectivity index (χ4n) is 0.975. The number of hydrogen-bond acceptors (Lipinski definition) is 3. The van der Waals surface area contributed by atoms with Crippen molar-refractivity contribution in [1.29, 1.82) is 5.26 Å². The molecule has 1 aromatic rings. The molecule has 1 aromatic heterocycles. The molecule has 0 aliphatic heterocycles. The van der Waals surface area contributed by atoms with Crippen LogP contribution in [0.1, 0.15) is 17.6 Å². The Morgan fingerprint density at radius 2 is 2.29 bits per heavy atom. The standard InChI is InChI=1S/C8H6BrF2N3/c9-6-4(1-2-12)3-14-8(13)5(6)7(10)11/h3,7H,1H2,(H2,13,14). The average molecular weight is 262 g/mol. The number of pyridine rings is 1. The molecule has 2 N–H and O–H groups in total. The van der Waals surface area contributed by atoms with Gasteiger partial charge in [0.2, 0.25) is 0 Å². The Bertz CT molecular complexity index is 387. The van der Waals surface area contributed by atoms with Crippen molar-refractivity contribution in [3.05, 3.63) is 21.8 Å². The first kappa shape index (κ1) is 10.9. The van der Waals surface area contributed by atoms with Crippen LogP contribution in [0.15, 0.2) is 10.7 Å². The SMILES string of the molecule is N#CCc1cnc(N)c(C(F)F)c1Br. The van der Waals surface area contributed by atoms with E-state index in [-0.39, 0.29) is 22.3 Å². The Hall–Kier alpha value is -1.22. The fraction of sp³-hybridized carbons (Fsp3) is 0.250. The molecule has 1 heterocycles. The van der Waals surface area contributed by atoms with Gasteiger partial charge in [-0.1, -0.05) is 0 Å². The summed E-state index contributed by atoms with van der Waals surface area (Å²) in [5.74, 6) is -0.214. The van der Waals surface area contributed by atoms with Crippen molar-refractivity contribution < 1.29 is 8.78 Å². The average Bonchev–Trinajstić information content (AvgIpc) is 2.10. The fourth-order valence-corrected chi connectivity index (χ4v) is 1.59. The van der Waals surface area contributed by atoms with Crippen LogP contribution in [0, 0.1) is 11.3 Å². The molecule has 0 bridgehead atoms. The summed E-state index contributed by atoms with van der Waals surface area (Å²) in [6, 6.07) is 1.85. The van der Waals surface area contributed by atoms with E-state index in [0.29, 0.717) is 5.56 Å². The van der Waals surface area contributed by atoms with Gasteiger partial charge in [0.25, 0.3) is 6.43 Å². The first-order valence-corrected chi connectivity index (χ1v) is 4.45. The number of hydrogen-bond donors (Lipinski definition) is 1. The zero-order chi connectivity index (χ0) is 10.7. The van der Waals surface area contributed by atoms with Crippen molar-refractivity contribution in [3.63, 3.8) is 0 Å². The van der Waals surface area contributed by atoms with Crippen LogP contribution < -0.4 is 5.73 Å². The topological polar surface area (TPSA) is 62.7 Å². The van der Waals surface area contributed by atoms with Gasteiger partial charge in [-0.05, 0) is 21.5 Å². The van der Waals surface area contributed by atoms with Crippen molar-refractivity contribution in [2.75, 3.05) is 5.73 Å². The van der Waals surface area contributed by atoms with Gasteiger partial charge in [-0.2, -0.15) is 5.26 Å². The summed E-state index contributed by atoms with van der Waals surface area (Å²) in [5, 5.41) is 8.43. The smallest absolute Gasteiger partial charge is 0.268 e. The Morgan fingerprint density at radius 1 is 1.64 bits per heavy atom. The third-order valence-electron chi connectivity index (χ3n) is 1.64. The molecule has 0 atom stereocenters. The van der Waals surface area contributed by atoms with Crippen LogP contribution in [0.4, 0.5) is 14.6 Å². The van der Waals surface area contributed by atoms with Crippen molar-refractivity contribution in [3.8, 4) is 6.07 Å². The van der Waals surface area contributed by atoms with Gasteiger partial charge >= 0.3 is 0 Å². The Morgan fingerprint density at radius 3 is 2.79 bits per heavy atom. The quantitative estimate of drug-likeness (QED) is 0.890. The third-order valence-corrected chi connectivity index (χ3v) is 2.58. The minimum absolute atomic E-state index is 0.0214. The molecule has 0 unspecified atom stereocenters. The minimum Gasteiger partial charge on any atom is -0.383 e. The molecule has 74 valence electrons. The molecule has 0 saturated heterocycles. The number of anilines is 1. The van der Waals surface area contributed by atoms with Crippen LogP contribution in [0.3, 0.4) is 0 Å². The second-order valence-electron chi connectivity index (χ2n) is 2.53. The molecule has 6 heteroatoms. The minimum atomic E-state index is -2.70. The Kier molecular flexibility index (Phi) is 3.36. The summed E-state index contributed by atoms with van der Waals surface area (Å²) >= 11 is 2.98. The van der Waals surface area contributed by atoms with Crippen LogP contribution in [0.25, 0.3) is 0 Å². The van der Waals surface area contributed by atoms with E-state index in [0.717, 1.165) is 0 Å². The van der Waals surface area contributed by atoms with Crippen LogP contribution >= 0.6 is 15.9 Å². The second kappa shape index (κ2) is 4.33. The summed E-state index contributed by atoms with van der Waals surface area (Å²) in [6.07, 6.45) is -1.36. The van der Waals surface area contributed by atoms with E-state index in [9.17, 15) is 8.78 Å². The molecule has 0 aliphatic rings. The summed E-state index contributed by atoms with van der Waals surface area (Å²) in [6.45, 7) is 0. The highest BCUT2D eigenvalue weighted by molar-refractivity contribution is 9.10. The maximum absolute atomic E-state index is 12.5. The van der Waals surface area contributed by atoms with Gasteiger partial charge in [0.15, 0.2) is 0 Å². The van der Waals surface area contributed by atoms with Gasteiger partial charge in [-0.15, -0.1) is 0 Å². The van der Waals surface area contributed by atoms with E-state index in [1.165, 1.54) is 6.20 Å². The molecule has 0 saturated carbocycles. The van der Waals surface area contributed by atoms with Crippen molar-refractivity contribution in [1.82, 2.24) is 4.98 Å². The maximum atomic E-state index is 12.5. The van der Waals surface area contributed by atoms with Gasteiger partial charge < -0.3 is 5.73 Å². The molecule has 0 radical (unpaired) electrons. The zero-order valence-electron chi connectivity index (χ0n) is 6.97. The molecule has 0 spiro atoms. The van der Waals surface area contributed by atoms with E-state index < -0.39 is 6.43 Å². The molecular weight excluding hydrogens is 256 g/mol.